The van der Waals surface area contributed by atoms with Gasteiger partial charge in [0.05, 0.1) is 11.3 Å². The van der Waals surface area contributed by atoms with Gasteiger partial charge in [-0.05, 0) is 35.1 Å². The lowest BCUT2D eigenvalue weighted by Gasteiger charge is -2.22. The summed E-state index contributed by atoms with van der Waals surface area (Å²) in [5.41, 5.74) is 2.23. The summed E-state index contributed by atoms with van der Waals surface area (Å²) in [5, 5.41) is 3.08. The van der Waals surface area contributed by atoms with Crippen molar-refractivity contribution in [3.63, 3.8) is 0 Å². The summed E-state index contributed by atoms with van der Waals surface area (Å²) in [6.07, 6.45) is 2.47. The molecule has 4 nitrogen and oxygen atoms in total. The van der Waals surface area contributed by atoms with Crippen LogP contribution < -0.4 is 5.32 Å². The summed E-state index contributed by atoms with van der Waals surface area (Å²) in [4.78, 5) is 12.6. The van der Waals surface area contributed by atoms with Gasteiger partial charge < -0.3 is 5.32 Å². The quantitative estimate of drug-likeness (QED) is 0.849. The lowest BCUT2D eigenvalue weighted by Crippen LogP contribution is -2.35. The fourth-order valence-corrected chi connectivity index (χ4v) is 4.35. The first kappa shape index (κ1) is 18.6. The molecule has 2 aromatic carbocycles. The van der Waals surface area contributed by atoms with Crippen LogP contribution in [0.1, 0.15) is 31.4 Å². The molecule has 1 aliphatic rings. The van der Waals surface area contributed by atoms with E-state index in [1.807, 2.05) is 18.2 Å². The zero-order valence-electron chi connectivity index (χ0n) is 15.5. The van der Waals surface area contributed by atoms with Crippen molar-refractivity contribution >= 4 is 15.7 Å². The smallest absolute Gasteiger partial charge is 0.224 e. The number of nitrogens with one attached hydrogen (secondary N) is 1. The van der Waals surface area contributed by atoms with Crippen LogP contribution in [0, 0.1) is 5.41 Å². The van der Waals surface area contributed by atoms with Gasteiger partial charge in [-0.3, -0.25) is 4.79 Å². The maximum Gasteiger partial charge on any atom is 0.224 e. The molecule has 0 unspecified atom stereocenters. The Hall–Kier alpha value is -2.14. The number of hydrogen-bond donors (Lipinski definition) is 1. The van der Waals surface area contributed by atoms with Crippen LogP contribution in [0.4, 0.5) is 0 Å². The first-order valence-electron chi connectivity index (χ1n) is 8.75. The summed E-state index contributed by atoms with van der Waals surface area (Å²) < 4.78 is 23.0. The van der Waals surface area contributed by atoms with Crippen LogP contribution in [0.3, 0.4) is 0 Å². The monoisotopic (exact) mass is 371 g/mol. The van der Waals surface area contributed by atoms with Crippen LogP contribution in [0.15, 0.2) is 59.5 Å². The third-order valence-electron chi connectivity index (χ3n) is 5.54. The second-order valence-corrected chi connectivity index (χ2v) is 9.89. The molecule has 0 heterocycles. The molecule has 1 aliphatic carbocycles. The molecule has 0 radical (unpaired) electrons. The number of rotatable bonds is 6. The van der Waals surface area contributed by atoms with Crippen molar-refractivity contribution in [2.45, 2.75) is 37.0 Å². The van der Waals surface area contributed by atoms with Gasteiger partial charge in [0, 0.05) is 18.2 Å². The fraction of sp³-hybridized carbons (Fsp3) is 0.381. The highest BCUT2D eigenvalue weighted by molar-refractivity contribution is 7.90. The lowest BCUT2D eigenvalue weighted by atomic mass is 9.88. The number of benzene rings is 2. The molecule has 0 bridgehead atoms. The number of carbonyl (C=O) groups excluding carboxylic acids is 1. The van der Waals surface area contributed by atoms with E-state index >= 15 is 0 Å². The minimum absolute atomic E-state index is 0.00985. The molecule has 0 aliphatic heterocycles. The second-order valence-electron chi connectivity index (χ2n) is 7.88. The van der Waals surface area contributed by atoms with E-state index in [9.17, 15) is 13.2 Å². The van der Waals surface area contributed by atoms with Crippen molar-refractivity contribution < 1.29 is 13.2 Å². The van der Waals surface area contributed by atoms with Crippen LogP contribution in [-0.2, 0) is 26.5 Å². The molecule has 1 saturated carbocycles. The van der Waals surface area contributed by atoms with Gasteiger partial charge in [-0.1, -0.05) is 56.3 Å². The Balaban J connectivity index is 1.64. The molecule has 1 atom stereocenters. The first-order valence-corrected chi connectivity index (χ1v) is 10.6. The van der Waals surface area contributed by atoms with Crippen molar-refractivity contribution in [2.75, 3.05) is 12.8 Å². The maximum absolute atomic E-state index is 12.4. The van der Waals surface area contributed by atoms with Crippen LogP contribution in [-0.4, -0.2) is 27.1 Å². The van der Waals surface area contributed by atoms with E-state index in [0.29, 0.717) is 6.54 Å². The Morgan fingerprint density at radius 1 is 1.04 bits per heavy atom. The molecular weight excluding hydrogens is 346 g/mol. The molecule has 0 aromatic heterocycles. The van der Waals surface area contributed by atoms with Crippen LogP contribution in [0.25, 0.3) is 0 Å². The predicted octanol–water partition coefficient (Wildman–Crippen LogP) is 3.12. The normalized spacial score (nSPS) is 21.2. The van der Waals surface area contributed by atoms with Crippen LogP contribution in [0.5, 0.6) is 0 Å². The summed E-state index contributed by atoms with van der Waals surface area (Å²) in [6.45, 7) is 5.08. The number of amides is 1. The minimum Gasteiger partial charge on any atom is -0.355 e. The van der Waals surface area contributed by atoms with E-state index in [4.69, 9.17) is 0 Å². The average molecular weight is 372 g/mol. The van der Waals surface area contributed by atoms with Gasteiger partial charge in [0.1, 0.15) is 0 Å². The van der Waals surface area contributed by atoms with Crippen molar-refractivity contribution in [3.05, 3.63) is 65.7 Å². The van der Waals surface area contributed by atoms with Gasteiger partial charge in [-0.15, -0.1) is 0 Å². The lowest BCUT2D eigenvalue weighted by molar-refractivity contribution is -0.120. The standard InChI is InChI=1S/C21H25NO3S/c1-20(2)14-21(20,17-7-5-4-6-8-17)15-22-19(23)13-16-9-11-18(12-10-16)26(3,24)25/h4-12H,13-15H2,1-3H3,(H,22,23)/t21-/m1/s1. The van der Waals surface area contributed by atoms with E-state index in [2.05, 4.69) is 31.3 Å². The summed E-state index contributed by atoms with van der Waals surface area (Å²) in [7, 11) is -3.21. The fourth-order valence-electron chi connectivity index (χ4n) is 3.72. The predicted molar refractivity (Wildman–Crippen MR) is 103 cm³/mol. The van der Waals surface area contributed by atoms with E-state index in [1.165, 1.54) is 11.8 Å². The molecule has 0 saturated heterocycles. The Morgan fingerprint density at radius 3 is 2.12 bits per heavy atom. The van der Waals surface area contributed by atoms with Gasteiger partial charge in [0.25, 0.3) is 0 Å². The topological polar surface area (TPSA) is 63.2 Å². The largest absolute Gasteiger partial charge is 0.355 e. The van der Waals surface area contributed by atoms with Gasteiger partial charge in [0.2, 0.25) is 5.91 Å². The van der Waals surface area contributed by atoms with Crippen LogP contribution in [0.2, 0.25) is 0 Å². The molecule has 1 N–H and O–H groups in total. The van der Waals surface area contributed by atoms with E-state index in [-0.39, 0.29) is 28.1 Å². The summed E-state index contributed by atoms with van der Waals surface area (Å²) in [6, 6.07) is 16.8. The van der Waals surface area contributed by atoms with E-state index in [0.717, 1.165) is 12.0 Å². The number of sulfone groups is 1. The Labute approximate surface area is 155 Å². The zero-order chi connectivity index (χ0) is 19.0. The summed E-state index contributed by atoms with van der Waals surface area (Å²) in [5.74, 6) is -0.0462. The molecule has 5 heteroatoms. The van der Waals surface area contributed by atoms with Gasteiger partial charge in [-0.2, -0.15) is 0 Å². The highest BCUT2D eigenvalue weighted by Crippen LogP contribution is 2.63. The second kappa shape index (κ2) is 6.54. The van der Waals surface area contributed by atoms with E-state index < -0.39 is 9.84 Å². The van der Waals surface area contributed by atoms with Gasteiger partial charge >= 0.3 is 0 Å². The van der Waals surface area contributed by atoms with Crippen molar-refractivity contribution in [2.24, 2.45) is 5.41 Å². The molecule has 2 aromatic rings. The van der Waals surface area contributed by atoms with Gasteiger partial charge in [-0.25, -0.2) is 8.42 Å². The summed E-state index contributed by atoms with van der Waals surface area (Å²) >= 11 is 0. The Kier molecular flexibility index (Phi) is 4.69. The number of carbonyl (C=O) groups is 1. The highest BCUT2D eigenvalue weighted by atomic mass is 32.2. The molecule has 138 valence electrons. The third kappa shape index (κ3) is 3.68. The first-order chi connectivity index (χ1) is 12.1. The minimum atomic E-state index is -3.21. The highest BCUT2D eigenvalue weighted by Gasteiger charge is 2.61. The molecule has 26 heavy (non-hydrogen) atoms. The Morgan fingerprint density at radius 2 is 1.62 bits per heavy atom. The average Bonchev–Trinajstić information content (AvgIpc) is 3.16. The Bertz CT molecular complexity index is 902. The van der Waals surface area contributed by atoms with Crippen molar-refractivity contribution in [1.29, 1.82) is 0 Å². The third-order valence-corrected chi connectivity index (χ3v) is 6.67. The molecular formula is C21H25NO3S. The zero-order valence-corrected chi connectivity index (χ0v) is 16.3. The molecule has 1 amide bonds. The van der Waals surface area contributed by atoms with Crippen LogP contribution >= 0.6 is 0 Å². The van der Waals surface area contributed by atoms with E-state index in [1.54, 1.807) is 24.3 Å². The molecule has 0 spiro atoms. The number of hydrogen-bond acceptors (Lipinski definition) is 3. The SMILES string of the molecule is CC1(C)C[C@@]1(CNC(=O)Cc1ccc(S(C)(=O)=O)cc1)c1ccccc1. The molecule has 3 rings (SSSR count). The van der Waals surface area contributed by atoms with Crippen molar-refractivity contribution in [3.8, 4) is 0 Å². The van der Waals surface area contributed by atoms with Crippen molar-refractivity contribution in [1.82, 2.24) is 5.32 Å². The molecule has 1 fully saturated rings. The van der Waals surface area contributed by atoms with Gasteiger partial charge in [0.15, 0.2) is 9.84 Å². The maximum atomic E-state index is 12.4.